The number of nitrogens with zero attached hydrogens (tertiary/aromatic N) is 1. The zero-order valence-electron chi connectivity index (χ0n) is 17.1. The Labute approximate surface area is 175 Å². The van der Waals surface area contributed by atoms with Crippen molar-refractivity contribution in [1.82, 2.24) is 15.2 Å². The number of benzene rings is 1. The molecule has 0 atom stereocenters. The van der Waals surface area contributed by atoms with Crippen molar-refractivity contribution in [3.63, 3.8) is 0 Å². The topological polar surface area (TPSA) is 70.5 Å². The van der Waals surface area contributed by atoms with Crippen LogP contribution in [0.4, 0.5) is 0 Å². The predicted molar refractivity (Wildman–Crippen MR) is 119 cm³/mol. The first-order valence-electron chi connectivity index (χ1n) is 9.65. The van der Waals surface area contributed by atoms with E-state index in [1.807, 2.05) is 36.1 Å². The lowest BCUT2D eigenvalue weighted by molar-refractivity contribution is 0.195. The van der Waals surface area contributed by atoms with Crippen LogP contribution in [0.5, 0.6) is 0 Å². The maximum atomic E-state index is 12.7. The number of hydrogen-bond donors (Lipinski definition) is 2. The van der Waals surface area contributed by atoms with Crippen molar-refractivity contribution >= 4 is 28.2 Å². The summed E-state index contributed by atoms with van der Waals surface area (Å²) in [7, 11) is 1.68. The van der Waals surface area contributed by atoms with Crippen molar-refractivity contribution in [1.29, 1.82) is 0 Å². The fourth-order valence-corrected chi connectivity index (χ4v) is 3.58. The molecule has 6 nitrogen and oxygen atoms in total. The summed E-state index contributed by atoms with van der Waals surface area (Å²) in [5.74, 6) is 0.787. The molecule has 2 N–H and O–H groups in total. The molecule has 7 heteroatoms. The molecule has 0 unspecified atom stereocenters. The minimum atomic E-state index is -0.103. The van der Waals surface area contributed by atoms with Crippen LogP contribution >= 0.6 is 12.2 Å². The second kappa shape index (κ2) is 9.71. The van der Waals surface area contributed by atoms with Crippen molar-refractivity contribution in [3.8, 4) is 0 Å². The van der Waals surface area contributed by atoms with E-state index in [0.717, 1.165) is 34.2 Å². The smallest absolute Gasteiger partial charge is 0.253 e. The van der Waals surface area contributed by atoms with E-state index in [4.69, 9.17) is 21.4 Å². The number of rotatable bonds is 8. The Morgan fingerprint density at radius 3 is 2.83 bits per heavy atom. The Morgan fingerprint density at radius 2 is 2.10 bits per heavy atom. The molecule has 0 amide bonds. The maximum absolute atomic E-state index is 12.7. The molecular formula is C22H27N3O3S. The maximum Gasteiger partial charge on any atom is 0.253 e. The molecule has 2 heterocycles. The number of aromatic nitrogens is 1. The van der Waals surface area contributed by atoms with Crippen LogP contribution in [0, 0.1) is 13.8 Å². The average Bonchev–Trinajstić information content (AvgIpc) is 3.18. The van der Waals surface area contributed by atoms with Crippen LogP contribution in [0.15, 0.2) is 45.8 Å². The van der Waals surface area contributed by atoms with Gasteiger partial charge in [-0.25, -0.2) is 0 Å². The second-order valence-electron chi connectivity index (χ2n) is 7.18. The van der Waals surface area contributed by atoms with Crippen LogP contribution in [0.2, 0.25) is 0 Å². The van der Waals surface area contributed by atoms with Gasteiger partial charge in [-0.3, -0.25) is 4.79 Å². The van der Waals surface area contributed by atoms with Gasteiger partial charge in [0, 0.05) is 36.7 Å². The van der Waals surface area contributed by atoms with E-state index < -0.39 is 0 Å². The molecule has 0 spiro atoms. The Kier molecular flexibility index (Phi) is 7.06. The van der Waals surface area contributed by atoms with Gasteiger partial charge >= 0.3 is 0 Å². The number of furan rings is 1. The number of H-pyrrole nitrogens is 1. The third-order valence-corrected chi connectivity index (χ3v) is 5.17. The molecule has 0 saturated carbocycles. The molecule has 0 aliphatic heterocycles. The number of methoxy groups -OCH3 is 1. The average molecular weight is 414 g/mol. The Balaban J connectivity index is 1.85. The third-order valence-electron chi connectivity index (χ3n) is 4.77. The number of aromatic amines is 1. The molecule has 0 aliphatic carbocycles. The van der Waals surface area contributed by atoms with E-state index in [2.05, 4.69) is 23.3 Å². The highest BCUT2D eigenvalue weighted by Crippen LogP contribution is 2.19. The fourth-order valence-electron chi connectivity index (χ4n) is 3.35. The van der Waals surface area contributed by atoms with Gasteiger partial charge in [-0.2, -0.15) is 0 Å². The monoisotopic (exact) mass is 413 g/mol. The number of fused-ring (bicyclic) bond motifs is 1. The molecule has 0 radical (unpaired) electrons. The number of ether oxygens (including phenoxy) is 1. The van der Waals surface area contributed by atoms with Gasteiger partial charge in [0.25, 0.3) is 5.56 Å². The van der Waals surface area contributed by atoms with Crippen LogP contribution in [-0.4, -0.2) is 35.3 Å². The van der Waals surface area contributed by atoms with Gasteiger partial charge in [0.05, 0.1) is 19.4 Å². The summed E-state index contributed by atoms with van der Waals surface area (Å²) in [6.07, 6.45) is 2.48. The first-order chi connectivity index (χ1) is 14.0. The molecular weight excluding hydrogens is 386 g/mol. The second-order valence-corrected chi connectivity index (χ2v) is 7.57. The Morgan fingerprint density at radius 1 is 1.28 bits per heavy atom. The normalized spacial score (nSPS) is 11.0. The van der Waals surface area contributed by atoms with Crippen LogP contribution in [0.1, 0.15) is 28.9 Å². The van der Waals surface area contributed by atoms with Gasteiger partial charge < -0.3 is 24.4 Å². The van der Waals surface area contributed by atoms with E-state index in [0.29, 0.717) is 36.9 Å². The molecule has 29 heavy (non-hydrogen) atoms. The van der Waals surface area contributed by atoms with E-state index in [1.54, 1.807) is 13.4 Å². The van der Waals surface area contributed by atoms with Gasteiger partial charge in [0.1, 0.15) is 5.76 Å². The first-order valence-corrected chi connectivity index (χ1v) is 10.1. The van der Waals surface area contributed by atoms with Crippen molar-refractivity contribution in [3.05, 3.63) is 69.4 Å². The molecule has 0 fully saturated rings. The van der Waals surface area contributed by atoms with Crippen molar-refractivity contribution < 1.29 is 9.15 Å². The fraction of sp³-hybridized carbons (Fsp3) is 0.364. The highest BCUT2D eigenvalue weighted by atomic mass is 32.1. The molecule has 0 aliphatic rings. The van der Waals surface area contributed by atoms with Crippen LogP contribution < -0.4 is 10.9 Å². The van der Waals surface area contributed by atoms with Crippen molar-refractivity contribution in [2.75, 3.05) is 20.3 Å². The Hall–Kier alpha value is -2.64. The lowest BCUT2D eigenvalue weighted by Crippen LogP contribution is -2.40. The van der Waals surface area contributed by atoms with E-state index in [1.165, 1.54) is 0 Å². The van der Waals surface area contributed by atoms with E-state index in [9.17, 15) is 4.79 Å². The SMILES string of the molecule is COCCCNC(=S)N(Cc1ccco1)Cc1cc2c(C)cc(C)cc2[nH]c1=O. The van der Waals surface area contributed by atoms with Crippen LogP contribution in [-0.2, 0) is 17.8 Å². The highest BCUT2D eigenvalue weighted by molar-refractivity contribution is 7.80. The minimum absolute atomic E-state index is 0.103. The van der Waals surface area contributed by atoms with Crippen LogP contribution in [0.3, 0.4) is 0 Å². The number of hydrogen-bond acceptors (Lipinski definition) is 4. The zero-order valence-corrected chi connectivity index (χ0v) is 17.9. The van der Waals surface area contributed by atoms with Gasteiger partial charge in [-0.05, 0) is 67.9 Å². The summed E-state index contributed by atoms with van der Waals surface area (Å²) in [5, 5.41) is 4.87. The quantitative estimate of drug-likeness (QED) is 0.434. The third kappa shape index (κ3) is 5.46. The number of nitrogens with one attached hydrogen (secondary N) is 2. The standard InChI is InChI=1S/C22H27N3O3S/c1-15-10-16(2)19-12-17(21(26)24-20(19)11-15)13-25(14-18-6-4-9-28-18)22(29)23-7-5-8-27-3/h4,6,9-12H,5,7-8,13-14H2,1-3H3,(H,23,29)(H,24,26). The number of pyridine rings is 1. The van der Waals surface area contributed by atoms with Gasteiger partial charge in [-0.1, -0.05) is 6.07 Å². The highest BCUT2D eigenvalue weighted by Gasteiger charge is 2.15. The lowest BCUT2D eigenvalue weighted by atomic mass is 10.0. The largest absolute Gasteiger partial charge is 0.467 e. The Bertz CT molecular complexity index is 1030. The summed E-state index contributed by atoms with van der Waals surface area (Å²) in [5.41, 5.74) is 3.68. The molecule has 3 rings (SSSR count). The minimum Gasteiger partial charge on any atom is -0.467 e. The number of thiocarbonyl (C=S) groups is 1. The zero-order chi connectivity index (χ0) is 20.8. The molecule has 2 aromatic heterocycles. The van der Waals surface area contributed by atoms with Crippen molar-refractivity contribution in [2.45, 2.75) is 33.4 Å². The van der Waals surface area contributed by atoms with Gasteiger partial charge in [-0.15, -0.1) is 0 Å². The molecule has 154 valence electrons. The molecule has 0 saturated heterocycles. The van der Waals surface area contributed by atoms with E-state index >= 15 is 0 Å². The lowest BCUT2D eigenvalue weighted by Gasteiger charge is -2.25. The van der Waals surface area contributed by atoms with Crippen LogP contribution in [0.25, 0.3) is 10.9 Å². The van der Waals surface area contributed by atoms with E-state index in [-0.39, 0.29) is 5.56 Å². The summed E-state index contributed by atoms with van der Waals surface area (Å²) in [6, 6.07) is 9.82. The molecule has 0 bridgehead atoms. The summed E-state index contributed by atoms with van der Waals surface area (Å²) < 4.78 is 10.6. The molecule has 3 aromatic rings. The predicted octanol–water partition coefficient (Wildman–Crippen LogP) is 3.65. The number of aryl methyl sites for hydroxylation is 2. The van der Waals surface area contributed by atoms with Crippen molar-refractivity contribution in [2.24, 2.45) is 0 Å². The molecule has 1 aromatic carbocycles. The first kappa shape index (κ1) is 21.1. The van der Waals surface area contributed by atoms with Gasteiger partial charge in [0.15, 0.2) is 5.11 Å². The summed E-state index contributed by atoms with van der Waals surface area (Å²) in [4.78, 5) is 17.7. The summed E-state index contributed by atoms with van der Waals surface area (Å²) in [6.45, 7) is 6.31. The summed E-state index contributed by atoms with van der Waals surface area (Å²) >= 11 is 5.60. The van der Waals surface area contributed by atoms with Gasteiger partial charge in [0.2, 0.25) is 0 Å².